The van der Waals surface area contributed by atoms with Crippen LogP contribution >= 0.6 is 0 Å². The van der Waals surface area contributed by atoms with Crippen molar-refractivity contribution in [1.82, 2.24) is 20.2 Å². The van der Waals surface area contributed by atoms with Crippen LogP contribution in [-0.2, 0) is 16.6 Å². The van der Waals surface area contributed by atoms with Gasteiger partial charge in [0.15, 0.2) is 5.65 Å². The van der Waals surface area contributed by atoms with E-state index in [4.69, 9.17) is 14.3 Å². The monoisotopic (exact) mass is 400 g/mol. The standard InChI is InChI=1S/C17H16N6O4S/c1-26-13-3-2-12(28(18,24)25)6-11(13)7-19-16-14-15(10-4-5-27-8-10)22-23-17(14)21-9-20-16/h2-6,8-9H,7H2,1H3,(H2,18,24,25)(H2,19,20,21,22,23). The Bertz CT molecular complexity index is 1230. The van der Waals surface area contributed by atoms with Gasteiger partial charge in [0.1, 0.15) is 17.9 Å². The second kappa shape index (κ2) is 6.94. The Morgan fingerprint density at radius 3 is 2.86 bits per heavy atom. The van der Waals surface area contributed by atoms with Crippen LogP contribution < -0.4 is 15.2 Å². The van der Waals surface area contributed by atoms with Crippen LogP contribution in [0.2, 0.25) is 0 Å². The van der Waals surface area contributed by atoms with E-state index in [1.54, 1.807) is 24.7 Å². The number of ether oxygens (including phenoxy) is 1. The summed E-state index contributed by atoms with van der Waals surface area (Å²) in [7, 11) is -2.32. The van der Waals surface area contributed by atoms with Gasteiger partial charge in [-0.15, -0.1) is 0 Å². The Labute approximate surface area is 159 Å². The van der Waals surface area contributed by atoms with Crippen LogP contribution in [0.1, 0.15) is 5.56 Å². The van der Waals surface area contributed by atoms with E-state index in [0.29, 0.717) is 33.9 Å². The second-order valence-electron chi connectivity index (χ2n) is 5.90. The summed E-state index contributed by atoms with van der Waals surface area (Å²) >= 11 is 0. The molecule has 0 atom stereocenters. The molecule has 0 bridgehead atoms. The number of primary sulfonamides is 1. The van der Waals surface area contributed by atoms with Crippen LogP contribution in [-0.4, -0.2) is 35.7 Å². The zero-order valence-electron chi connectivity index (χ0n) is 14.7. The molecule has 0 aliphatic rings. The van der Waals surface area contributed by atoms with Gasteiger partial charge in [0, 0.05) is 17.7 Å². The Kier molecular flexibility index (Phi) is 4.45. The molecule has 0 fully saturated rings. The Morgan fingerprint density at radius 2 is 2.14 bits per heavy atom. The van der Waals surface area contributed by atoms with Crippen LogP contribution in [0.3, 0.4) is 0 Å². The lowest BCUT2D eigenvalue weighted by Crippen LogP contribution is -2.13. The number of furan rings is 1. The molecule has 1 aromatic carbocycles. The van der Waals surface area contributed by atoms with Crippen LogP contribution in [0.15, 0.2) is 52.4 Å². The van der Waals surface area contributed by atoms with Gasteiger partial charge in [0.25, 0.3) is 0 Å². The Balaban J connectivity index is 1.71. The molecule has 3 heterocycles. The van der Waals surface area contributed by atoms with Gasteiger partial charge in [-0.05, 0) is 24.3 Å². The van der Waals surface area contributed by atoms with Gasteiger partial charge in [0.2, 0.25) is 10.0 Å². The lowest BCUT2D eigenvalue weighted by atomic mass is 10.1. The van der Waals surface area contributed by atoms with Gasteiger partial charge >= 0.3 is 0 Å². The van der Waals surface area contributed by atoms with Crippen molar-refractivity contribution in [3.63, 3.8) is 0 Å². The van der Waals surface area contributed by atoms with Crippen molar-refractivity contribution in [2.24, 2.45) is 5.14 Å². The molecule has 0 amide bonds. The van der Waals surface area contributed by atoms with Gasteiger partial charge < -0.3 is 14.5 Å². The number of nitrogens with two attached hydrogens (primary N) is 1. The van der Waals surface area contributed by atoms with Crippen molar-refractivity contribution < 1.29 is 17.6 Å². The molecule has 4 aromatic rings. The van der Waals surface area contributed by atoms with Crippen molar-refractivity contribution in [3.8, 4) is 17.0 Å². The molecule has 10 nitrogen and oxygen atoms in total. The summed E-state index contributed by atoms with van der Waals surface area (Å²) in [5, 5.41) is 16.2. The van der Waals surface area contributed by atoms with E-state index < -0.39 is 10.0 Å². The van der Waals surface area contributed by atoms with E-state index in [-0.39, 0.29) is 11.4 Å². The first-order valence-corrected chi connectivity index (χ1v) is 9.67. The van der Waals surface area contributed by atoms with Gasteiger partial charge in [-0.3, -0.25) is 5.10 Å². The van der Waals surface area contributed by atoms with E-state index in [1.165, 1.54) is 25.6 Å². The topological polar surface area (TPSA) is 149 Å². The Hall–Kier alpha value is -3.44. The van der Waals surface area contributed by atoms with E-state index in [1.807, 2.05) is 0 Å². The molecule has 28 heavy (non-hydrogen) atoms. The van der Waals surface area contributed by atoms with Gasteiger partial charge in [-0.2, -0.15) is 5.10 Å². The fraction of sp³-hybridized carbons (Fsp3) is 0.118. The SMILES string of the molecule is COc1ccc(S(N)(=O)=O)cc1CNc1ncnc2n[nH]c(-c3ccoc3)c12. The first-order valence-electron chi connectivity index (χ1n) is 8.12. The second-order valence-corrected chi connectivity index (χ2v) is 7.47. The summed E-state index contributed by atoms with van der Waals surface area (Å²) in [6.45, 7) is 0.245. The van der Waals surface area contributed by atoms with Crippen LogP contribution in [0, 0.1) is 0 Å². The summed E-state index contributed by atoms with van der Waals surface area (Å²) in [5.41, 5.74) is 2.60. The quantitative estimate of drug-likeness (QED) is 0.444. The molecule has 0 saturated carbocycles. The number of hydrogen-bond acceptors (Lipinski definition) is 8. The van der Waals surface area contributed by atoms with Crippen molar-refractivity contribution >= 4 is 26.9 Å². The van der Waals surface area contributed by atoms with E-state index in [0.717, 1.165) is 5.56 Å². The van der Waals surface area contributed by atoms with Crippen molar-refractivity contribution in [2.45, 2.75) is 11.4 Å². The minimum Gasteiger partial charge on any atom is -0.496 e. The summed E-state index contributed by atoms with van der Waals surface area (Å²) in [5.74, 6) is 1.05. The number of benzene rings is 1. The third-order valence-electron chi connectivity index (χ3n) is 4.19. The zero-order chi connectivity index (χ0) is 19.7. The van der Waals surface area contributed by atoms with Gasteiger partial charge in [0.05, 0.1) is 35.6 Å². The predicted octanol–water partition coefficient (Wildman–Crippen LogP) is 1.88. The van der Waals surface area contributed by atoms with Crippen LogP contribution in [0.25, 0.3) is 22.3 Å². The van der Waals surface area contributed by atoms with E-state index in [2.05, 4.69) is 25.5 Å². The molecule has 0 unspecified atom stereocenters. The fourth-order valence-corrected chi connectivity index (χ4v) is 3.42. The lowest BCUT2D eigenvalue weighted by Gasteiger charge is -2.12. The van der Waals surface area contributed by atoms with Crippen LogP contribution in [0.5, 0.6) is 5.75 Å². The van der Waals surface area contributed by atoms with Gasteiger partial charge in [-0.1, -0.05) is 0 Å². The number of nitrogens with one attached hydrogen (secondary N) is 2. The van der Waals surface area contributed by atoms with Crippen molar-refractivity contribution in [3.05, 3.63) is 48.7 Å². The minimum atomic E-state index is -3.83. The average molecular weight is 400 g/mol. The molecule has 3 aromatic heterocycles. The molecule has 0 spiro atoms. The molecule has 0 aliphatic carbocycles. The Morgan fingerprint density at radius 1 is 1.29 bits per heavy atom. The maximum atomic E-state index is 11.6. The number of nitrogens with zero attached hydrogens (tertiary/aromatic N) is 3. The van der Waals surface area contributed by atoms with Crippen molar-refractivity contribution in [1.29, 1.82) is 0 Å². The number of anilines is 1. The average Bonchev–Trinajstić information content (AvgIpc) is 3.34. The highest BCUT2D eigenvalue weighted by Gasteiger charge is 2.16. The maximum Gasteiger partial charge on any atom is 0.238 e. The van der Waals surface area contributed by atoms with E-state index >= 15 is 0 Å². The first-order chi connectivity index (χ1) is 13.5. The lowest BCUT2D eigenvalue weighted by molar-refractivity contribution is 0.410. The molecular formula is C17H16N6O4S. The number of sulfonamides is 1. The summed E-state index contributed by atoms with van der Waals surface area (Å²) in [4.78, 5) is 8.46. The molecule has 0 aliphatic heterocycles. The molecule has 144 valence electrons. The molecule has 0 saturated heterocycles. The maximum absolute atomic E-state index is 11.6. The minimum absolute atomic E-state index is 0.000307. The first kappa shape index (κ1) is 17.9. The number of methoxy groups -OCH3 is 1. The summed E-state index contributed by atoms with van der Waals surface area (Å²) < 4.78 is 33.8. The molecule has 4 N–H and O–H groups in total. The summed E-state index contributed by atoms with van der Waals surface area (Å²) in [6, 6.07) is 6.21. The number of aromatic nitrogens is 4. The number of aromatic amines is 1. The highest BCUT2D eigenvalue weighted by molar-refractivity contribution is 7.89. The third kappa shape index (κ3) is 3.28. The number of rotatable bonds is 6. The predicted molar refractivity (Wildman–Crippen MR) is 101 cm³/mol. The smallest absolute Gasteiger partial charge is 0.238 e. The number of hydrogen-bond donors (Lipinski definition) is 3. The van der Waals surface area contributed by atoms with Gasteiger partial charge in [-0.25, -0.2) is 23.5 Å². The number of fused-ring (bicyclic) bond motifs is 1. The summed E-state index contributed by atoms with van der Waals surface area (Å²) in [6.07, 6.45) is 4.54. The highest BCUT2D eigenvalue weighted by Crippen LogP contribution is 2.31. The molecule has 11 heteroatoms. The third-order valence-corrected chi connectivity index (χ3v) is 5.10. The van der Waals surface area contributed by atoms with Crippen molar-refractivity contribution in [2.75, 3.05) is 12.4 Å². The molecular weight excluding hydrogens is 384 g/mol. The largest absolute Gasteiger partial charge is 0.496 e. The normalized spacial score (nSPS) is 11.6. The molecule has 4 rings (SSSR count). The van der Waals surface area contributed by atoms with E-state index in [9.17, 15) is 8.42 Å². The number of H-pyrrole nitrogens is 1. The van der Waals surface area contributed by atoms with Crippen LogP contribution in [0.4, 0.5) is 5.82 Å². The highest BCUT2D eigenvalue weighted by atomic mass is 32.2. The molecule has 0 radical (unpaired) electrons. The fourth-order valence-electron chi connectivity index (χ4n) is 2.85. The zero-order valence-corrected chi connectivity index (χ0v) is 15.5.